The number of nitrogens with one attached hydrogen (secondary N) is 2. The van der Waals surface area contributed by atoms with E-state index in [1.54, 1.807) is 32.2 Å². The van der Waals surface area contributed by atoms with Crippen LogP contribution in [0.25, 0.3) is 5.57 Å². The standard InChI is InChI=1S/C39H53N5O4S/c1-24(2)48-37-31(29-22-34(27-10-11-27)44(30-14-18-47-19-15-30)35(23-29)28-12-13-28)20-26(5)21-32(37)39(16-17-41-38(40)43-39)42-33-8-6-7-9-36(33)49(45,46)25(3)4/h6-9,16-17,20-22,24-25,27-28,30,34-35,42H,10-15,18-19,23H2,1-5H3,(H3,40,41,43)/t34-,35+,39?/m0/s1. The number of benzene rings is 2. The van der Waals surface area contributed by atoms with Crippen molar-refractivity contribution in [2.75, 3.05) is 18.5 Å². The van der Waals surface area contributed by atoms with E-state index in [9.17, 15) is 8.42 Å². The molecule has 0 amide bonds. The van der Waals surface area contributed by atoms with Crippen LogP contribution in [0.3, 0.4) is 0 Å². The number of sulfone groups is 1. The van der Waals surface area contributed by atoms with E-state index in [2.05, 4.69) is 59.5 Å². The highest BCUT2D eigenvalue weighted by molar-refractivity contribution is 7.92. The number of para-hydroxylation sites is 1. The topological polar surface area (TPSA) is 118 Å². The lowest BCUT2D eigenvalue weighted by atomic mass is 9.82. The maximum absolute atomic E-state index is 13.6. The molecule has 5 aliphatic rings. The molecule has 7 rings (SSSR count). The molecular formula is C39H53N5O4S. The first-order chi connectivity index (χ1) is 23.5. The van der Waals surface area contributed by atoms with Crippen molar-refractivity contribution in [3.05, 3.63) is 71.4 Å². The number of anilines is 1. The van der Waals surface area contributed by atoms with Crippen molar-refractivity contribution in [1.82, 2.24) is 10.2 Å². The fourth-order valence-electron chi connectivity index (χ4n) is 8.07. The zero-order chi connectivity index (χ0) is 34.5. The molecule has 3 heterocycles. The largest absolute Gasteiger partial charge is 0.490 e. The van der Waals surface area contributed by atoms with Crippen molar-refractivity contribution in [3.8, 4) is 5.75 Å². The Morgan fingerprint density at radius 2 is 1.76 bits per heavy atom. The number of guanidine groups is 1. The molecule has 3 fully saturated rings. The number of ether oxygens (including phenoxy) is 2. The summed E-state index contributed by atoms with van der Waals surface area (Å²) in [5.74, 6) is 2.41. The van der Waals surface area contributed by atoms with Crippen molar-refractivity contribution in [2.24, 2.45) is 22.6 Å². The number of rotatable bonds is 11. The maximum atomic E-state index is 13.6. The summed E-state index contributed by atoms with van der Waals surface area (Å²) in [4.78, 5) is 7.47. The molecule has 0 aromatic heterocycles. The predicted molar refractivity (Wildman–Crippen MR) is 196 cm³/mol. The predicted octanol–water partition coefficient (Wildman–Crippen LogP) is 6.49. The molecule has 2 aromatic carbocycles. The third kappa shape index (κ3) is 6.88. The highest BCUT2D eigenvalue weighted by Crippen LogP contribution is 2.51. The van der Waals surface area contributed by atoms with E-state index < -0.39 is 20.8 Å². The molecule has 2 saturated carbocycles. The van der Waals surface area contributed by atoms with Crippen LogP contribution in [-0.2, 0) is 20.2 Å². The van der Waals surface area contributed by atoms with Crippen LogP contribution in [0.4, 0.5) is 5.69 Å². The van der Waals surface area contributed by atoms with Crippen LogP contribution in [0.1, 0.15) is 89.3 Å². The van der Waals surface area contributed by atoms with Gasteiger partial charge in [-0.2, -0.15) is 0 Å². The van der Waals surface area contributed by atoms with Crippen molar-refractivity contribution < 1.29 is 17.9 Å². The number of nitrogens with two attached hydrogens (primary N) is 1. The average Bonchev–Trinajstić information content (AvgIpc) is 3.99. The van der Waals surface area contributed by atoms with Gasteiger partial charge in [-0.05, 0) is 133 Å². The number of hydrogen-bond donors (Lipinski definition) is 3. The lowest BCUT2D eigenvalue weighted by molar-refractivity contribution is -0.00700. The van der Waals surface area contributed by atoms with Gasteiger partial charge in [-0.15, -0.1) is 0 Å². The molecule has 10 heteroatoms. The van der Waals surface area contributed by atoms with Gasteiger partial charge >= 0.3 is 0 Å². The van der Waals surface area contributed by atoms with Crippen LogP contribution in [0.15, 0.2) is 64.6 Å². The highest BCUT2D eigenvalue weighted by atomic mass is 32.2. The normalized spacial score (nSPS) is 26.8. The third-order valence-electron chi connectivity index (χ3n) is 10.8. The molecule has 0 radical (unpaired) electrons. The summed E-state index contributed by atoms with van der Waals surface area (Å²) in [6.07, 6.45) is 14.4. The SMILES string of the molecule is Cc1cc(C2=C[C@@H](C3CC3)N(C3CCOCC3)[C@@H](C3CC3)C2)c(OC(C)C)c(C2(Nc3ccccc3S(=O)(=O)C(C)C)C=CN=C(N)N2)c1. The van der Waals surface area contributed by atoms with Crippen LogP contribution < -0.4 is 21.1 Å². The molecule has 2 aliphatic carbocycles. The van der Waals surface area contributed by atoms with Crippen LogP contribution in [0, 0.1) is 18.8 Å². The van der Waals surface area contributed by atoms with Gasteiger partial charge in [0.15, 0.2) is 21.5 Å². The Hall–Kier alpha value is -3.34. The Balaban J connectivity index is 1.38. The molecule has 0 bridgehead atoms. The summed E-state index contributed by atoms with van der Waals surface area (Å²) < 4.78 is 39.8. The summed E-state index contributed by atoms with van der Waals surface area (Å²) in [7, 11) is -3.60. The van der Waals surface area contributed by atoms with Crippen molar-refractivity contribution >= 4 is 27.1 Å². The monoisotopic (exact) mass is 687 g/mol. The Labute approximate surface area is 292 Å². The molecule has 3 atom stereocenters. The zero-order valence-corrected chi connectivity index (χ0v) is 30.4. The van der Waals surface area contributed by atoms with E-state index in [1.165, 1.54) is 31.3 Å². The van der Waals surface area contributed by atoms with E-state index in [-0.39, 0.29) is 17.0 Å². The first kappa shape index (κ1) is 34.1. The lowest BCUT2D eigenvalue weighted by Gasteiger charge is -2.48. The minimum Gasteiger partial charge on any atom is -0.490 e. The second kappa shape index (κ2) is 13.4. The Morgan fingerprint density at radius 3 is 2.41 bits per heavy atom. The van der Waals surface area contributed by atoms with E-state index in [0.717, 1.165) is 60.8 Å². The van der Waals surface area contributed by atoms with Gasteiger partial charge < -0.3 is 25.8 Å². The van der Waals surface area contributed by atoms with Gasteiger partial charge in [0.1, 0.15) is 5.75 Å². The molecule has 2 aromatic rings. The second-order valence-corrected chi connectivity index (χ2v) is 17.7. The summed E-state index contributed by atoms with van der Waals surface area (Å²) in [6.45, 7) is 11.3. The van der Waals surface area contributed by atoms with Gasteiger partial charge in [0.25, 0.3) is 0 Å². The Kier molecular flexibility index (Phi) is 9.34. The lowest BCUT2D eigenvalue weighted by Crippen LogP contribution is -2.55. The molecule has 9 nitrogen and oxygen atoms in total. The summed E-state index contributed by atoms with van der Waals surface area (Å²) in [5, 5.41) is 6.43. The molecule has 1 saturated heterocycles. The third-order valence-corrected chi connectivity index (χ3v) is 13.0. The summed E-state index contributed by atoms with van der Waals surface area (Å²) in [5.41, 5.74) is 10.1. The van der Waals surface area contributed by atoms with E-state index >= 15 is 0 Å². The van der Waals surface area contributed by atoms with Gasteiger partial charge in [-0.1, -0.05) is 18.2 Å². The van der Waals surface area contributed by atoms with Crippen LogP contribution in [0.2, 0.25) is 0 Å². The Morgan fingerprint density at radius 1 is 1.04 bits per heavy atom. The van der Waals surface area contributed by atoms with Gasteiger partial charge in [0.05, 0.1) is 21.9 Å². The molecule has 4 N–H and O–H groups in total. The van der Waals surface area contributed by atoms with Crippen molar-refractivity contribution in [3.63, 3.8) is 0 Å². The molecule has 1 unspecified atom stereocenters. The Bertz CT molecular complexity index is 1750. The van der Waals surface area contributed by atoms with Gasteiger partial charge in [-0.25, -0.2) is 13.4 Å². The molecule has 49 heavy (non-hydrogen) atoms. The van der Waals surface area contributed by atoms with Gasteiger partial charge in [-0.3, -0.25) is 4.90 Å². The quantitative estimate of drug-likeness (QED) is 0.246. The van der Waals surface area contributed by atoms with Gasteiger partial charge in [0, 0.05) is 48.7 Å². The molecule has 0 spiro atoms. The fourth-order valence-corrected chi connectivity index (χ4v) is 9.27. The summed E-state index contributed by atoms with van der Waals surface area (Å²) >= 11 is 0. The minimum absolute atomic E-state index is 0.106. The minimum atomic E-state index is -3.60. The maximum Gasteiger partial charge on any atom is 0.195 e. The molecule has 3 aliphatic heterocycles. The first-order valence-electron chi connectivity index (χ1n) is 18.2. The number of aliphatic imine (C=N–C) groups is 1. The number of hydrogen-bond acceptors (Lipinski definition) is 9. The van der Waals surface area contributed by atoms with E-state index in [0.29, 0.717) is 29.7 Å². The van der Waals surface area contributed by atoms with E-state index in [4.69, 9.17) is 15.2 Å². The molecular weight excluding hydrogens is 635 g/mol. The second-order valence-electron chi connectivity index (χ2n) is 15.3. The molecule has 264 valence electrons. The van der Waals surface area contributed by atoms with Crippen LogP contribution in [0.5, 0.6) is 5.75 Å². The average molecular weight is 688 g/mol. The smallest absolute Gasteiger partial charge is 0.195 e. The van der Waals surface area contributed by atoms with E-state index in [1.807, 2.05) is 18.2 Å². The first-order valence-corrected chi connectivity index (χ1v) is 19.8. The number of nitrogens with zero attached hydrogens (tertiary/aromatic N) is 2. The van der Waals surface area contributed by atoms with Crippen LogP contribution >= 0.6 is 0 Å². The van der Waals surface area contributed by atoms with Crippen LogP contribution in [-0.4, -0.2) is 62.0 Å². The fraction of sp³-hybridized carbons (Fsp3) is 0.564. The summed E-state index contributed by atoms with van der Waals surface area (Å²) in [6, 6.07) is 13.0. The highest BCUT2D eigenvalue weighted by Gasteiger charge is 2.48. The van der Waals surface area contributed by atoms with Crippen molar-refractivity contribution in [1.29, 1.82) is 0 Å². The number of aryl methyl sites for hydroxylation is 1. The van der Waals surface area contributed by atoms with Gasteiger partial charge in [0.2, 0.25) is 0 Å². The zero-order valence-electron chi connectivity index (χ0n) is 29.6. The van der Waals surface area contributed by atoms with Crippen molar-refractivity contribution in [2.45, 2.75) is 120 Å².